The van der Waals surface area contributed by atoms with Crippen LogP contribution >= 0.6 is 0 Å². The van der Waals surface area contributed by atoms with Crippen LogP contribution < -0.4 is 0 Å². The van der Waals surface area contributed by atoms with E-state index in [2.05, 4.69) is 15.0 Å². The quantitative estimate of drug-likeness (QED) is 0.187. The van der Waals surface area contributed by atoms with Crippen LogP contribution in [-0.4, -0.2) is 60.2 Å². The van der Waals surface area contributed by atoms with Crippen LogP contribution in [0.3, 0.4) is 0 Å². The Balaban J connectivity index is 1.22. The molecule has 4 aromatic heterocycles. The summed E-state index contributed by atoms with van der Waals surface area (Å²) in [5.41, 5.74) is 5.64. The number of pyridine rings is 2. The molecule has 1 aliphatic heterocycles. The predicted octanol–water partition coefficient (Wildman–Crippen LogP) is 5.94. The lowest BCUT2D eigenvalue weighted by molar-refractivity contribution is -0.0563. The first-order chi connectivity index (χ1) is 22.9. The van der Waals surface area contributed by atoms with Crippen molar-refractivity contribution in [1.82, 2.24) is 29.5 Å². The van der Waals surface area contributed by atoms with Gasteiger partial charge in [-0.25, -0.2) is 24.5 Å². The smallest absolute Gasteiger partial charge is 0.338 e. The monoisotopic (exact) mass is 626 g/mol. The lowest BCUT2D eigenvalue weighted by Crippen LogP contribution is -2.32. The second-order valence-electron chi connectivity index (χ2n) is 11.3. The number of rotatable bonds is 8. The van der Waals surface area contributed by atoms with Crippen LogP contribution in [0.4, 0.5) is 0 Å². The topological polar surface area (TPSA) is 131 Å². The fraction of sp³-hybridized carbons (Fsp3) is 0.194. The van der Waals surface area contributed by atoms with E-state index in [-0.39, 0.29) is 13.0 Å². The number of esters is 2. The third kappa shape index (κ3) is 6.34. The summed E-state index contributed by atoms with van der Waals surface area (Å²) < 4.78 is 19.9. The van der Waals surface area contributed by atoms with Gasteiger partial charge in [0.2, 0.25) is 0 Å². The van der Waals surface area contributed by atoms with Crippen LogP contribution in [0.25, 0.3) is 34.1 Å². The van der Waals surface area contributed by atoms with Gasteiger partial charge in [-0.05, 0) is 62.4 Å². The van der Waals surface area contributed by atoms with Crippen molar-refractivity contribution in [3.05, 3.63) is 126 Å². The highest BCUT2D eigenvalue weighted by molar-refractivity contribution is 5.90. The number of fused-ring (bicyclic) bond motifs is 1. The Morgan fingerprint density at radius 2 is 1.43 bits per heavy atom. The number of carbonyl (C=O) groups is 2. The zero-order chi connectivity index (χ0) is 32.3. The van der Waals surface area contributed by atoms with E-state index in [9.17, 15) is 9.59 Å². The molecule has 0 N–H and O–H groups in total. The third-order valence-corrected chi connectivity index (χ3v) is 7.93. The number of aromatic nitrogens is 6. The van der Waals surface area contributed by atoms with Crippen molar-refractivity contribution in [2.24, 2.45) is 0 Å². The van der Waals surface area contributed by atoms with E-state index in [4.69, 9.17) is 24.2 Å². The van der Waals surface area contributed by atoms with E-state index < -0.39 is 30.4 Å². The Labute approximate surface area is 270 Å². The molecule has 2 aromatic carbocycles. The number of carbonyl (C=O) groups excluding carboxylic acids is 2. The highest BCUT2D eigenvalue weighted by Crippen LogP contribution is 2.35. The number of hydrogen-bond acceptors (Lipinski definition) is 10. The van der Waals surface area contributed by atoms with Gasteiger partial charge in [0.25, 0.3) is 0 Å². The molecule has 6 aromatic rings. The molecular weight excluding hydrogens is 596 g/mol. The van der Waals surface area contributed by atoms with Gasteiger partial charge in [-0.3, -0.25) is 14.5 Å². The Morgan fingerprint density at radius 1 is 0.787 bits per heavy atom. The van der Waals surface area contributed by atoms with Gasteiger partial charge in [0, 0.05) is 18.8 Å². The number of hydrogen-bond donors (Lipinski definition) is 0. The van der Waals surface area contributed by atoms with Gasteiger partial charge >= 0.3 is 11.9 Å². The Morgan fingerprint density at radius 3 is 2.06 bits per heavy atom. The van der Waals surface area contributed by atoms with Crippen molar-refractivity contribution in [3.63, 3.8) is 0 Å². The SMILES string of the molecule is Cc1ccc(C(=O)OCC2OC(n3cnc4c(-c5ccccn5)nc(-c5ccccn5)nc43)CC2OC(=O)c2ccc(C)cc2)cc1. The number of nitrogens with zero attached hydrogens (tertiary/aromatic N) is 6. The van der Waals surface area contributed by atoms with Gasteiger partial charge < -0.3 is 14.2 Å². The predicted molar refractivity (Wildman–Crippen MR) is 172 cm³/mol. The lowest BCUT2D eigenvalue weighted by Gasteiger charge is -2.19. The third-order valence-electron chi connectivity index (χ3n) is 7.93. The number of imidazole rings is 1. The molecule has 5 heterocycles. The van der Waals surface area contributed by atoms with Gasteiger partial charge in [0.1, 0.15) is 41.9 Å². The Hall–Kier alpha value is -5.81. The fourth-order valence-corrected chi connectivity index (χ4v) is 5.39. The van der Waals surface area contributed by atoms with Gasteiger partial charge in [0.15, 0.2) is 11.5 Å². The van der Waals surface area contributed by atoms with E-state index in [0.717, 1.165) is 11.1 Å². The number of aryl methyl sites for hydroxylation is 2. The molecule has 0 spiro atoms. The maximum Gasteiger partial charge on any atom is 0.338 e. The molecule has 11 heteroatoms. The maximum absolute atomic E-state index is 13.2. The molecular formula is C36H30N6O5. The molecule has 0 aliphatic carbocycles. The number of ether oxygens (including phenoxy) is 3. The first-order valence-corrected chi connectivity index (χ1v) is 15.2. The summed E-state index contributed by atoms with van der Waals surface area (Å²) in [6.45, 7) is 3.76. The molecule has 1 aliphatic rings. The Bertz CT molecular complexity index is 2030. The summed E-state index contributed by atoms with van der Waals surface area (Å²) in [5.74, 6) is -0.604. The maximum atomic E-state index is 13.2. The molecule has 3 atom stereocenters. The van der Waals surface area contributed by atoms with Crippen LogP contribution in [0.2, 0.25) is 0 Å². The van der Waals surface area contributed by atoms with Crippen molar-refractivity contribution in [1.29, 1.82) is 0 Å². The number of benzene rings is 2. The van der Waals surface area contributed by atoms with Gasteiger partial charge in [-0.15, -0.1) is 0 Å². The van der Waals surface area contributed by atoms with Gasteiger partial charge in [-0.2, -0.15) is 0 Å². The summed E-state index contributed by atoms with van der Waals surface area (Å²) >= 11 is 0. The Kier molecular flexibility index (Phi) is 8.20. The molecule has 1 saturated heterocycles. The molecule has 11 nitrogen and oxygen atoms in total. The summed E-state index contributed by atoms with van der Waals surface area (Å²) in [6, 6.07) is 25.3. The van der Waals surface area contributed by atoms with Gasteiger partial charge in [-0.1, -0.05) is 47.5 Å². The first-order valence-electron chi connectivity index (χ1n) is 15.2. The van der Waals surface area contributed by atoms with Crippen LogP contribution in [0.15, 0.2) is 104 Å². The van der Waals surface area contributed by atoms with E-state index >= 15 is 0 Å². The second-order valence-corrected chi connectivity index (χ2v) is 11.3. The summed E-state index contributed by atoms with van der Waals surface area (Å²) in [7, 11) is 0. The summed E-state index contributed by atoms with van der Waals surface area (Å²) in [4.78, 5) is 49.4. The molecule has 0 amide bonds. The first kappa shape index (κ1) is 29.9. The molecule has 47 heavy (non-hydrogen) atoms. The zero-order valence-corrected chi connectivity index (χ0v) is 25.7. The zero-order valence-electron chi connectivity index (χ0n) is 25.7. The van der Waals surface area contributed by atoms with E-state index in [1.54, 1.807) is 47.6 Å². The molecule has 0 bridgehead atoms. The lowest BCUT2D eigenvalue weighted by atomic mass is 10.1. The molecule has 3 unspecified atom stereocenters. The summed E-state index contributed by atoms with van der Waals surface area (Å²) in [6.07, 6.45) is 3.11. The minimum atomic E-state index is -0.756. The minimum Gasteiger partial charge on any atom is -0.459 e. The van der Waals surface area contributed by atoms with Crippen molar-refractivity contribution in [2.75, 3.05) is 6.61 Å². The van der Waals surface area contributed by atoms with Crippen molar-refractivity contribution >= 4 is 23.1 Å². The molecule has 234 valence electrons. The second kappa shape index (κ2) is 12.9. The average molecular weight is 627 g/mol. The molecule has 1 fully saturated rings. The molecule has 0 radical (unpaired) electrons. The fourth-order valence-electron chi connectivity index (χ4n) is 5.39. The molecule has 0 saturated carbocycles. The minimum absolute atomic E-state index is 0.130. The molecule has 7 rings (SSSR count). The van der Waals surface area contributed by atoms with E-state index in [0.29, 0.717) is 45.2 Å². The average Bonchev–Trinajstić information content (AvgIpc) is 3.72. The van der Waals surface area contributed by atoms with Crippen molar-refractivity contribution in [3.8, 4) is 22.9 Å². The van der Waals surface area contributed by atoms with E-state index in [1.807, 2.05) is 74.5 Å². The van der Waals surface area contributed by atoms with Crippen LogP contribution in [0.5, 0.6) is 0 Å². The standard InChI is InChI=1S/C36H30N6O5/c1-22-9-13-24(14-10-22)35(43)45-20-29-28(47-36(44)25-15-11-23(2)12-16-25)19-30(46-29)42-21-39-32-31(26-7-3-5-17-37-26)40-33(41-34(32)42)27-8-4-6-18-38-27/h3-18,21,28-30H,19-20H2,1-2H3. The highest BCUT2D eigenvalue weighted by atomic mass is 16.6. The summed E-state index contributed by atoms with van der Waals surface area (Å²) in [5, 5.41) is 0. The highest BCUT2D eigenvalue weighted by Gasteiger charge is 2.41. The van der Waals surface area contributed by atoms with Crippen LogP contribution in [0, 0.1) is 13.8 Å². The normalized spacial score (nSPS) is 17.4. The largest absolute Gasteiger partial charge is 0.459 e. The van der Waals surface area contributed by atoms with Gasteiger partial charge in [0.05, 0.1) is 23.1 Å². The van der Waals surface area contributed by atoms with Crippen molar-refractivity contribution < 1.29 is 23.8 Å². The van der Waals surface area contributed by atoms with E-state index in [1.165, 1.54) is 0 Å². The van der Waals surface area contributed by atoms with Crippen LogP contribution in [0.1, 0.15) is 44.5 Å². The van der Waals surface area contributed by atoms with Crippen molar-refractivity contribution in [2.45, 2.75) is 38.7 Å². The van der Waals surface area contributed by atoms with Crippen LogP contribution in [-0.2, 0) is 14.2 Å².